The highest BCUT2D eigenvalue weighted by Gasteiger charge is 2.27. The molecule has 148 valence electrons. The van der Waals surface area contributed by atoms with Crippen LogP contribution in [0.4, 0.5) is 0 Å². The van der Waals surface area contributed by atoms with Crippen molar-refractivity contribution >= 4 is 11.8 Å². The Balaban J connectivity index is 1.67. The molecule has 0 spiro atoms. The summed E-state index contributed by atoms with van der Waals surface area (Å²) >= 11 is 0. The van der Waals surface area contributed by atoms with Gasteiger partial charge in [-0.3, -0.25) is 9.59 Å². The lowest BCUT2D eigenvalue weighted by Gasteiger charge is -2.17. The maximum Gasteiger partial charge on any atom is 0.287 e. The van der Waals surface area contributed by atoms with Gasteiger partial charge in [-0.1, -0.05) is 18.2 Å². The van der Waals surface area contributed by atoms with Crippen molar-refractivity contribution in [2.45, 2.75) is 32.2 Å². The Morgan fingerprint density at radius 1 is 1.21 bits per heavy atom. The Kier molecular flexibility index (Phi) is 6.47. The molecule has 1 aromatic carbocycles. The summed E-state index contributed by atoms with van der Waals surface area (Å²) in [5, 5.41) is 5.67. The van der Waals surface area contributed by atoms with Crippen molar-refractivity contribution in [3.8, 4) is 5.75 Å². The molecule has 0 unspecified atom stereocenters. The zero-order chi connectivity index (χ0) is 19.9. The van der Waals surface area contributed by atoms with Crippen molar-refractivity contribution in [1.82, 2.24) is 20.2 Å². The van der Waals surface area contributed by atoms with Gasteiger partial charge < -0.3 is 19.9 Å². The average Bonchev–Trinajstić information content (AvgIpc) is 3.12. The Labute approximate surface area is 164 Å². The second kappa shape index (κ2) is 9.21. The van der Waals surface area contributed by atoms with Gasteiger partial charge in [0.25, 0.3) is 11.8 Å². The van der Waals surface area contributed by atoms with Crippen LogP contribution in [0.2, 0.25) is 0 Å². The smallest absolute Gasteiger partial charge is 0.287 e. The van der Waals surface area contributed by atoms with Crippen LogP contribution in [0.5, 0.6) is 5.75 Å². The largest absolute Gasteiger partial charge is 0.497 e. The number of aromatic nitrogens is 2. The van der Waals surface area contributed by atoms with Crippen molar-refractivity contribution in [1.29, 1.82) is 0 Å². The quantitative estimate of drug-likeness (QED) is 0.685. The first kappa shape index (κ1) is 19.7. The van der Waals surface area contributed by atoms with Crippen LogP contribution >= 0.6 is 0 Å². The van der Waals surface area contributed by atoms with Crippen molar-refractivity contribution in [3.05, 3.63) is 59.7 Å². The number of ether oxygens (including phenoxy) is 1. The summed E-state index contributed by atoms with van der Waals surface area (Å²) in [6, 6.07) is 7.76. The number of imidazole rings is 1. The Morgan fingerprint density at radius 2 is 2.00 bits per heavy atom. The van der Waals surface area contributed by atoms with E-state index in [1.807, 2.05) is 28.8 Å². The highest BCUT2D eigenvalue weighted by molar-refractivity contribution is 5.97. The third-order valence-electron chi connectivity index (χ3n) is 4.80. The molecule has 1 aromatic heterocycles. The summed E-state index contributed by atoms with van der Waals surface area (Å²) in [6.07, 6.45) is 5.04. The zero-order valence-electron chi connectivity index (χ0n) is 16.2. The molecule has 0 atom stereocenters. The number of hydrogen-bond donors (Lipinski definition) is 2. The minimum atomic E-state index is -0.277. The van der Waals surface area contributed by atoms with E-state index in [9.17, 15) is 9.59 Å². The second-order valence-corrected chi connectivity index (χ2v) is 6.69. The first-order valence-corrected chi connectivity index (χ1v) is 9.53. The summed E-state index contributed by atoms with van der Waals surface area (Å²) < 4.78 is 7.03. The predicted octanol–water partition coefficient (Wildman–Crippen LogP) is 2.12. The molecule has 0 fully saturated rings. The molecule has 3 rings (SSSR count). The van der Waals surface area contributed by atoms with Crippen LogP contribution in [-0.2, 0) is 19.4 Å². The molecule has 7 heteroatoms. The number of methoxy groups -OCH3 is 1. The Bertz CT molecular complexity index is 855. The van der Waals surface area contributed by atoms with E-state index < -0.39 is 0 Å². The fraction of sp³-hybridized carbons (Fsp3) is 0.381. The molecule has 7 nitrogen and oxygen atoms in total. The molecule has 0 saturated heterocycles. The van der Waals surface area contributed by atoms with E-state index in [0.717, 1.165) is 36.3 Å². The molecule has 0 saturated carbocycles. The molecule has 2 aromatic rings. The maximum absolute atomic E-state index is 12.7. The van der Waals surface area contributed by atoms with Crippen LogP contribution in [-0.4, -0.2) is 41.6 Å². The van der Waals surface area contributed by atoms with E-state index in [-0.39, 0.29) is 11.8 Å². The monoisotopic (exact) mass is 382 g/mol. The SMILES string of the molecule is C=CCNC(=O)c1nc(C(=O)NCCc2ccc(OC)cc2)c2n1CCCC2. The second-order valence-electron chi connectivity index (χ2n) is 6.69. The fourth-order valence-corrected chi connectivity index (χ4v) is 3.34. The highest BCUT2D eigenvalue weighted by atomic mass is 16.5. The predicted molar refractivity (Wildman–Crippen MR) is 107 cm³/mol. The number of hydrogen-bond acceptors (Lipinski definition) is 4. The molecule has 2 amide bonds. The van der Waals surface area contributed by atoms with Crippen molar-refractivity contribution in [2.75, 3.05) is 20.2 Å². The molecule has 1 aliphatic heterocycles. The van der Waals surface area contributed by atoms with Crippen LogP contribution in [0.15, 0.2) is 36.9 Å². The lowest BCUT2D eigenvalue weighted by Crippen LogP contribution is -2.28. The number of nitrogens with zero attached hydrogens (tertiary/aromatic N) is 2. The van der Waals surface area contributed by atoms with Crippen molar-refractivity contribution in [2.24, 2.45) is 0 Å². The molecular weight excluding hydrogens is 356 g/mol. The normalized spacial score (nSPS) is 12.8. The van der Waals surface area contributed by atoms with E-state index in [1.54, 1.807) is 13.2 Å². The van der Waals surface area contributed by atoms with Gasteiger partial charge in [-0.2, -0.15) is 0 Å². The minimum absolute atomic E-state index is 0.234. The molecule has 28 heavy (non-hydrogen) atoms. The zero-order valence-corrected chi connectivity index (χ0v) is 16.2. The summed E-state index contributed by atoms with van der Waals surface area (Å²) in [7, 11) is 1.63. The lowest BCUT2D eigenvalue weighted by molar-refractivity contribution is 0.0942. The summed E-state index contributed by atoms with van der Waals surface area (Å²) in [5.74, 6) is 0.596. The topological polar surface area (TPSA) is 85.2 Å². The third-order valence-corrected chi connectivity index (χ3v) is 4.80. The van der Waals surface area contributed by atoms with E-state index in [4.69, 9.17) is 4.74 Å². The standard InChI is InChI=1S/C21H26N4O3/c1-3-12-22-21(27)19-24-18(17-6-4-5-14-25(17)19)20(26)23-13-11-15-7-9-16(28-2)10-8-15/h3,7-10H,1,4-6,11-14H2,2H3,(H,22,27)(H,23,26). The van der Waals surface area contributed by atoms with Gasteiger partial charge in [0, 0.05) is 19.6 Å². The first-order chi connectivity index (χ1) is 13.6. The minimum Gasteiger partial charge on any atom is -0.497 e. The lowest BCUT2D eigenvalue weighted by atomic mass is 10.1. The van der Waals surface area contributed by atoms with Crippen LogP contribution in [0, 0.1) is 0 Å². The van der Waals surface area contributed by atoms with Crippen LogP contribution in [0.1, 0.15) is 45.2 Å². The van der Waals surface area contributed by atoms with Gasteiger partial charge in [0.2, 0.25) is 0 Å². The average molecular weight is 382 g/mol. The maximum atomic E-state index is 12.7. The summed E-state index contributed by atoms with van der Waals surface area (Å²) in [6.45, 7) is 5.17. The Hall–Kier alpha value is -3.09. The Morgan fingerprint density at radius 3 is 2.71 bits per heavy atom. The van der Waals surface area contributed by atoms with Crippen LogP contribution < -0.4 is 15.4 Å². The van der Waals surface area contributed by atoms with Crippen molar-refractivity contribution in [3.63, 3.8) is 0 Å². The first-order valence-electron chi connectivity index (χ1n) is 9.53. The molecular formula is C21H26N4O3. The number of amides is 2. The van der Waals surface area contributed by atoms with Gasteiger partial charge in [0.15, 0.2) is 5.82 Å². The highest BCUT2D eigenvalue weighted by Crippen LogP contribution is 2.21. The summed E-state index contributed by atoms with van der Waals surface area (Å²) in [5.41, 5.74) is 2.31. The van der Waals surface area contributed by atoms with E-state index in [2.05, 4.69) is 22.2 Å². The van der Waals surface area contributed by atoms with Gasteiger partial charge in [0.1, 0.15) is 11.4 Å². The molecule has 0 radical (unpaired) electrons. The van der Waals surface area contributed by atoms with E-state index >= 15 is 0 Å². The molecule has 0 bridgehead atoms. The van der Waals surface area contributed by atoms with Crippen molar-refractivity contribution < 1.29 is 14.3 Å². The van der Waals surface area contributed by atoms with E-state index in [0.29, 0.717) is 37.6 Å². The van der Waals surface area contributed by atoms with E-state index in [1.165, 1.54) is 0 Å². The number of carbonyl (C=O) groups is 2. The third kappa shape index (κ3) is 4.42. The number of benzene rings is 1. The van der Waals surface area contributed by atoms with Gasteiger partial charge >= 0.3 is 0 Å². The van der Waals surface area contributed by atoms with Crippen LogP contribution in [0.25, 0.3) is 0 Å². The summed E-state index contributed by atoms with van der Waals surface area (Å²) in [4.78, 5) is 29.5. The van der Waals surface area contributed by atoms with Gasteiger partial charge in [-0.15, -0.1) is 6.58 Å². The molecule has 2 heterocycles. The number of rotatable bonds is 8. The van der Waals surface area contributed by atoms with Crippen LogP contribution in [0.3, 0.4) is 0 Å². The molecule has 2 N–H and O–H groups in total. The number of carbonyl (C=O) groups excluding carboxylic acids is 2. The fourth-order valence-electron chi connectivity index (χ4n) is 3.34. The molecule has 0 aliphatic carbocycles. The number of nitrogens with one attached hydrogen (secondary N) is 2. The number of fused-ring (bicyclic) bond motifs is 1. The molecule has 1 aliphatic rings. The van der Waals surface area contributed by atoms with Gasteiger partial charge in [-0.05, 0) is 43.4 Å². The van der Waals surface area contributed by atoms with Gasteiger partial charge in [0.05, 0.1) is 12.8 Å². The van der Waals surface area contributed by atoms with Gasteiger partial charge in [-0.25, -0.2) is 4.98 Å².